The summed E-state index contributed by atoms with van der Waals surface area (Å²) in [7, 11) is 0. The van der Waals surface area contributed by atoms with Crippen LogP contribution in [-0.4, -0.2) is 50.9 Å². The lowest BCUT2D eigenvalue weighted by Crippen LogP contribution is -2.37. The minimum Gasteiger partial charge on any atom is -0.479 e. The lowest BCUT2D eigenvalue weighted by molar-refractivity contribution is -0.122. The highest BCUT2D eigenvalue weighted by molar-refractivity contribution is 6.35. The number of ether oxygens (including phenoxy) is 3. The zero-order valence-corrected chi connectivity index (χ0v) is 18.8. The van der Waals surface area contributed by atoms with Gasteiger partial charge in [-0.05, 0) is 50.2 Å². The minimum atomic E-state index is -0.845. The average Bonchev–Trinajstić information content (AvgIpc) is 2.76. The van der Waals surface area contributed by atoms with Crippen LogP contribution in [0.15, 0.2) is 36.4 Å². The van der Waals surface area contributed by atoms with Crippen molar-refractivity contribution in [2.45, 2.75) is 20.0 Å². The van der Waals surface area contributed by atoms with Crippen LogP contribution in [-0.2, 0) is 14.3 Å². The smallest absolute Gasteiger partial charge is 0.338 e. The maximum Gasteiger partial charge on any atom is 0.338 e. The molecular formula is C22H24Cl2N2O5. The van der Waals surface area contributed by atoms with Gasteiger partial charge in [-0.3, -0.25) is 4.79 Å². The zero-order valence-electron chi connectivity index (χ0n) is 17.3. The first-order valence-corrected chi connectivity index (χ1v) is 10.7. The van der Waals surface area contributed by atoms with Crippen molar-refractivity contribution in [3.8, 4) is 5.75 Å². The van der Waals surface area contributed by atoms with Crippen LogP contribution >= 0.6 is 23.2 Å². The van der Waals surface area contributed by atoms with E-state index in [1.54, 1.807) is 50.2 Å². The third-order valence-electron chi connectivity index (χ3n) is 4.68. The molecule has 1 amide bonds. The van der Waals surface area contributed by atoms with Crippen molar-refractivity contribution in [3.05, 3.63) is 52.0 Å². The first-order valence-electron chi connectivity index (χ1n) is 9.95. The van der Waals surface area contributed by atoms with E-state index in [9.17, 15) is 9.59 Å². The fourth-order valence-electron chi connectivity index (χ4n) is 3.11. The summed E-state index contributed by atoms with van der Waals surface area (Å²) in [4.78, 5) is 27.2. The quantitative estimate of drug-likeness (QED) is 0.608. The van der Waals surface area contributed by atoms with Gasteiger partial charge < -0.3 is 24.4 Å². The van der Waals surface area contributed by atoms with E-state index >= 15 is 0 Å². The Morgan fingerprint density at radius 3 is 2.58 bits per heavy atom. The molecule has 1 N–H and O–H groups in total. The Balaban J connectivity index is 1.81. The Labute approximate surface area is 191 Å². The molecule has 1 heterocycles. The molecule has 1 atom stereocenters. The number of halogens is 2. The van der Waals surface area contributed by atoms with Crippen LogP contribution in [0.25, 0.3) is 0 Å². The molecule has 0 spiro atoms. The number of anilines is 2. The molecule has 7 nitrogen and oxygen atoms in total. The Kier molecular flexibility index (Phi) is 8.01. The van der Waals surface area contributed by atoms with E-state index < -0.39 is 12.1 Å². The third-order valence-corrected chi connectivity index (χ3v) is 5.21. The second-order valence-corrected chi connectivity index (χ2v) is 7.72. The molecule has 166 valence electrons. The largest absolute Gasteiger partial charge is 0.479 e. The maximum atomic E-state index is 12.9. The predicted molar refractivity (Wildman–Crippen MR) is 121 cm³/mol. The summed E-state index contributed by atoms with van der Waals surface area (Å²) in [5, 5.41) is 3.66. The molecule has 31 heavy (non-hydrogen) atoms. The number of hydrogen-bond donors (Lipinski definition) is 1. The summed E-state index contributed by atoms with van der Waals surface area (Å²) in [6, 6.07) is 9.88. The molecule has 1 aliphatic heterocycles. The van der Waals surface area contributed by atoms with Crippen LogP contribution in [0.2, 0.25) is 10.0 Å². The van der Waals surface area contributed by atoms with E-state index in [2.05, 4.69) is 10.2 Å². The number of carbonyl (C=O) groups is 2. The van der Waals surface area contributed by atoms with Crippen molar-refractivity contribution in [3.63, 3.8) is 0 Å². The van der Waals surface area contributed by atoms with Crippen molar-refractivity contribution in [2.24, 2.45) is 0 Å². The zero-order chi connectivity index (χ0) is 22.4. The number of benzene rings is 2. The van der Waals surface area contributed by atoms with Gasteiger partial charge in [0.15, 0.2) is 6.10 Å². The van der Waals surface area contributed by atoms with E-state index in [1.165, 1.54) is 0 Å². The summed E-state index contributed by atoms with van der Waals surface area (Å²) in [6.07, 6.45) is -0.845. The fourth-order valence-corrected chi connectivity index (χ4v) is 3.56. The van der Waals surface area contributed by atoms with Gasteiger partial charge in [-0.15, -0.1) is 0 Å². The average molecular weight is 467 g/mol. The highest BCUT2D eigenvalue weighted by Gasteiger charge is 2.22. The second kappa shape index (κ2) is 10.7. The monoisotopic (exact) mass is 466 g/mol. The lowest BCUT2D eigenvalue weighted by Gasteiger charge is -2.31. The number of hydrogen-bond acceptors (Lipinski definition) is 6. The molecule has 0 bridgehead atoms. The Bertz CT molecular complexity index is 947. The van der Waals surface area contributed by atoms with Crippen LogP contribution in [0.4, 0.5) is 11.4 Å². The van der Waals surface area contributed by atoms with Crippen molar-refractivity contribution >= 4 is 46.5 Å². The number of amides is 1. The summed E-state index contributed by atoms with van der Waals surface area (Å²) < 4.78 is 16.2. The number of carbonyl (C=O) groups excluding carboxylic acids is 2. The van der Waals surface area contributed by atoms with Gasteiger partial charge in [0.2, 0.25) is 0 Å². The number of esters is 1. The standard InChI is InChI=1S/C22H24Cl2N2O5/c1-3-30-22(28)15-4-6-19(26-8-10-29-11-9-26)18(12-15)25-21(27)14(2)31-20-7-5-16(23)13-17(20)24/h4-7,12-14H,3,8-11H2,1-2H3,(H,25,27). The molecule has 0 radical (unpaired) electrons. The Hall–Kier alpha value is -2.48. The SMILES string of the molecule is CCOC(=O)c1ccc(N2CCOCC2)c(NC(=O)C(C)Oc2ccc(Cl)cc2Cl)c1. The molecule has 1 unspecified atom stereocenters. The van der Waals surface area contributed by atoms with Crippen molar-refractivity contribution < 1.29 is 23.8 Å². The molecule has 1 fully saturated rings. The van der Waals surface area contributed by atoms with Crippen LogP contribution in [0.1, 0.15) is 24.2 Å². The number of morpholine rings is 1. The van der Waals surface area contributed by atoms with E-state index in [0.29, 0.717) is 53.3 Å². The minimum absolute atomic E-state index is 0.262. The topological polar surface area (TPSA) is 77.1 Å². The highest BCUT2D eigenvalue weighted by atomic mass is 35.5. The molecular weight excluding hydrogens is 443 g/mol. The molecule has 2 aromatic carbocycles. The van der Waals surface area contributed by atoms with E-state index in [4.69, 9.17) is 37.4 Å². The molecule has 0 aromatic heterocycles. The number of nitrogens with zero attached hydrogens (tertiary/aromatic N) is 1. The van der Waals surface area contributed by atoms with Gasteiger partial charge in [-0.1, -0.05) is 23.2 Å². The van der Waals surface area contributed by atoms with Gasteiger partial charge in [0, 0.05) is 18.1 Å². The number of nitrogens with one attached hydrogen (secondary N) is 1. The van der Waals surface area contributed by atoms with Crippen molar-refractivity contribution in [2.75, 3.05) is 43.1 Å². The van der Waals surface area contributed by atoms with Gasteiger partial charge in [-0.25, -0.2) is 4.79 Å². The van der Waals surface area contributed by atoms with E-state index in [-0.39, 0.29) is 12.5 Å². The van der Waals surface area contributed by atoms with Crippen LogP contribution in [0.5, 0.6) is 5.75 Å². The van der Waals surface area contributed by atoms with Gasteiger partial charge >= 0.3 is 5.97 Å². The molecule has 3 rings (SSSR count). The van der Waals surface area contributed by atoms with Crippen LogP contribution in [0, 0.1) is 0 Å². The van der Waals surface area contributed by atoms with Crippen LogP contribution < -0.4 is 15.0 Å². The lowest BCUT2D eigenvalue weighted by atomic mass is 10.1. The van der Waals surface area contributed by atoms with Gasteiger partial charge in [0.25, 0.3) is 5.91 Å². The molecule has 1 aliphatic rings. The van der Waals surface area contributed by atoms with Gasteiger partial charge in [0.05, 0.1) is 41.8 Å². The summed E-state index contributed by atoms with van der Waals surface area (Å²) >= 11 is 12.0. The van der Waals surface area contributed by atoms with Crippen molar-refractivity contribution in [1.82, 2.24) is 0 Å². The van der Waals surface area contributed by atoms with Gasteiger partial charge in [0.1, 0.15) is 5.75 Å². The van der Waals surface area contributed by atoms with Crippen molar-refractivity contribution in [1.29, 1.82) is 0 Å². The normalized spacial score (nSPS) is 14.6. The second-order valence-electron chi connectivity index (χ2n) is 6.88. The molecule has 0 saturated carbocycles. The third kappa shape index (κ3) is 6.03. The van der Waals surface area contributed by atoms with E-state index in [1.807, 2.05) is 0 Å². The Morgan fingerprint density at radius 1 is 1.16 bits per heavy atom. The molecule has 1 saturated heterocycles. The molecule has 9 heteroatoms. The summed E-state index contributed by atoms with van der Waals surface area (Å²) in [5.41, 5.74) is 1.64. The number of rotatable bonds is 7. The fraction of sp³-hybridized carbons (Fsp3) is 0.364. The van der Waals surface area contributed by atoms with Crippen LogP contribution in [0.3, 0.4) is 0 Å². The van der Waals surface area contributed by atoms with E-state index in [0.717, 1.165) is 5.69 Å². The first kappa shape index (κ1) is 23.2. The first-order chi connectivity index (χ1) is 14.9. The maximum absolute atomic E-state index is 12.9. The van der Waals surface area contributed by atoms with Gasteiger partial charge in [-0.2, -0.15) is 0 Å². The molecule has 0 aliphatic carbocycles. The summed E-state index contributed by atoms with van der Waals surface area (Å²) in [5.74, 6) is -0.493. The Morgan fingerprint density at radius 2 is 1.90 bits per heavy atom. The molecule has 2 aromatic rings. The predicted octanol–water partition coefficient (Wildman–Crippen LogP) is 4.41. The highest BCUT2D eigenvalue weighted by Crippen LogP contribution is 2.30. The summed E-state index contributed by atoms with van der Waals surface area (Å²) in [6.45, 7) is 6.14.